The summed E-state index contributed by atoms with van der Waals surface area (Å²) >= 11 is 16.5. The molecule has 0 amide bonds. The number of nitrogens with one attached hydrogen (secondary N) is 1. The van der Waals surface area contributed by atoms with Gasteiger partial charge in [-0.2, -0.15) is 0 Å². The topological polar surface area (TPSA) is 24.5 Å². The van der Waals surface area contributed by atoms with E-state index in [1.807, 2.05) is 24.3 Å². The summed E-state index contributed by atoms with van der Waals surface area (Å²) in [4.78, 5) is 2.45. The molecule has 25 heavy (non-hydrogen) atoms. The number of nitrogens with zero attached hydrogens (tertiary/aromatic N) is 1. The second kappa shape index (κ2) is 8.74. The van der Waals surface area contributed by atoms with Gasteiger partial charge in [0.15, 0.2) is 0 Å². The minimum Gasteiger partial charge on any atom is -0.496 e. The van der Waals surface area contributed by atoms with Crippen molar-refractivity contribution in [2.45, 2.75) is 12.5 Å². The van der Waals surface area contributed by atoms with E-state index >= 15 is 0 Å². The summed E-state index contributed by atoms with van der Waals surface area (Å²) in [5.74, 6) is 0.849. The highest BCUT2D eigenvalue weighted by Gasteiger charge is 2.28. The van der Waals surface area contributed by atoms with Crippen LogP contribution in [0, 0.1) is 0 Å². The first-order chi connectivity index (χ1) is 12.1. The second-order valence-corrected chi connectivity index (χ2v) is 7.77. The van der Waals surface area contributed by atoms with E-state index in [0.29, 0.717) is 10.0 Å². The molecular formula is C19H21BrCl2N2O. The molecule has 1 saturated heterocycles. The van der Waals surface area contributed by atoms with E-state index in [1.54, 1.807) is 7.11 Å². The fourth-order valence-electron chi connectivity index (χ4n) is 3.34. The summed E-state index contributed by atoms with van der Waals surface area (Å²) in [5, 5.41) is 4.64. The van der Waals surface area contributed by atoms with Crippen LogP contribution in [0.1, 0.15) is 23.6 Å². The van der Waals surface area contributed by atoms with Gasteiger partial charge in [-0.05, 0) is 42.8 Å². The monoisotopic (exact) mass is 442 g/mol. The zero-order valence-corrected chi connectivity index (χ0v) is 17.2. The smallest absolute Gasteiger partial charge is 0.124 e. The van der Waals surface area contributed by atoms with Crippen LogP contribution in [0.4, 0.5) is 0 Å². The molecule has 2 aromatic carbocycles. The third kappa shape index (κ3) is 4.32. The molecule has 0 aromatic heterocycles. The number of hydrogen-bond acceptors (Lipinski definition) is 3. The predicted molar refractivity (Wildman–Crippen MR) is 108 cm³/mol. The van der Waals surface area contributed by atoms with E-state index in [1.165, 1.54) is 0 Å². The third-order valence-electron chi connectivity index (χ3n) is 4.50. The Morgan fingerprint density at radius 3 is 2.76 bits per heavy atom. The Bertz CT molecular complexity index is 733. The van der Waals surface area contributed by atoms with Gasteiger partial charge >= 0.3 is 0 Å². The number of halogens is 3. The van der Waals surface area contributed by atoms with Crippen molar-refractivity contribution in [3.8, 4) is 5.75 Å². The maximum absolute atomic E-state index is 6.61. The standard InChI is InChI=1S/C19H21BrCl2N2O/c1-25-17-7-6-13(20)12-15(17)19(24-10-3-8-23-9-11-24)14-4-2-5-16(21)18(14)22/h2,4-7,12,19,23H,3,8-11H2,1H3. The van der Waals surface area contributed by atoms with Crippen LogP contribution in [0.15, 0.2) is 40.9 Å². The van der Waals surface area contributed by atoms with Gasteiger partial charge in [-0.1, -0.05) is 51.3 Å². The molecule has 0 bridgehead atoms. The lowest BCUT2D eigenvalue weighted by molar-refractivity contribution is 0.236. The number of rotatable bonds is 4. The maximum Gasteiger partial charge on any atom is 0.124 e. The van der Waals surface area contributed by atoms with Crippen molar-refractivity contribution in [1.82, 2.24) is 10.2 Å². The van der Waals surface area contributed by atoms with E-state index in [9.17, 15) is 0 Å². The first-order valence-corrected chi connectivity index (χ1v) is 9.89. The quantitative estimate of drug-likeness (QED) is 0.707. The van der Waals surface area contributed by atoms with Gasteiger partial charge in [0.2, 0.25) is 0 Å². The summed E-state index contributed by atoms with van der Waals surface area (Å²) < 4.78 is 6.67. The fourth-order valence-corrected chi connectivity index (χ4v) is 4.13. The fraction of sp³-hybridized carbons (Fsp3) is 0.368. The summed E-state index contributed by atoms with van der Waals surface area (Å²) in [7, 11) is 1.70. The molecule has 134 valence electrons. The maximum atomic E-state index is 6.61. The Balaban J connectivity index is 2.15. The second-order valence-electron chi connectivity index (χ2n) is 6.07. The van der Waals surface area contributed by atoms with E-state index in [4.69, 9.17) is 27.9 Å². The Labute approximate surface area is 167 Å². The van der Waals surface area contributed by atoms with Crippen LogP contribution >= 0.6 is 39.1 Å². The van der Waals surface area contributed by atoms with Crippen molar-refractivity contribution in [3.63, 3.8) is 0 Å². The Kier molecular flexibility index (Phi) is 6.64. The zero-order chi connectivity index (χ0) is 17.8. The van der Waals surface area contributed by atoms with Crippen LogP contribution in [0.2, 0.25) is 10.0 Å². The molecule has 0 spiro atoms. The average molecular weight is 444 g/mol. The molecule has 1 unspecified atom stereocenters. The van der Waals surface area contributed by atoms with Crippen molar-refractivity contribution < 1.29 is 4.74 Å². The number of benzene rings is 2. The van der Waals surface area contributed by atoms with Crippen molar-refractivity contribution in [2.24, 2.45) is 0 Å². The first kappa shape index (κ1) is 19.0. The summed E-state index contributed by atoms with van der Waals surface area (Å²) in [6, 6.07) is 11.9. The lowest BCUT2D eigenvalue weighted by Crippen LogP contribution is -2.33. The van der Waals surface area contributed by atoms with E-state index in [-0.39, 0.29) is 6.04 Å². The van der Waals surface area contributed by atoms with Gasteiger partial charge in [-0.3, -0.25) is 4.90 Å². The van der Waals surface area contributed by atoms with E-state index in [2.05, 4.69) is 38.3 Å². The van der Waals surface area contributed by atoms with Crippen LogP contribution in [-0.4, -0.2) is 38.2 Å². The molecule has 1 fully saturated rings. The molecule has 1 aliphatic heterocycles. The molecule has 1 atom stereocenters. The predicted octanol–water partition coefficient (Wildman–Crippen LogP) is 5.15. The minimum absolute atomic E-state index is 0.0152. The Morgan fingerprint density at radius 2 is 1.96 bits per heavy atom. The van der Waals surface area contributed by atoms with Crippen molar-refractivity contribution in [2.75, 3.05) is 33.3 Å². The van der Waals surface area contributed by atoms with Crippen LogP contribution < -0.4 is 10.1 Å². The molecule has 0 radical (unpaired) electrons. The molecule has 1 heterocycles. The van der Waals surface area contributed by atoms with Gasteiger partial charge < -0.3 is 10.1 Å². The average Bonchev–Trinajstić information content (AvgIpc) is 2.88. The van der Waals surface area contributed by atoms with Gasteiger partial charge in [-0.25, -0.2) is 0 Å². The SMILES string of the molecule is COc1ccc(Br)cc1C(c1cccc(Cl)c1Cl)N1CCCNCC1. The number of hydrogen-bond donors (Lipinski definition) is 1. The summed E-state index contributed by atoms with van der Waals surface area (Å²) in [6.07, 6.45) is 1.09. The molecule has 3 rings (SSSR count). The highest BCUT2D eigenvalue weighted by Crippen LogP contribution is 2.41. The van der Waals surface area contributed by atoms with Gasteiger partial charge in [0.05, 0.1) is 23.2 Å². The number of ether oxygens (including phenoxy) is 1. The highest BCUT2D eigenvalue weighted by molar-refractivity contribution is 9.10. The van der Waals surface area contributed by atoms with Crippen LogP contribution in [-0.2, 0) is 0 Å². The number of methoxy groups -OCH3 is 1. The Hall–Kier alpha value is -0.780. The van der Waals surface area contributed by atoms with Crippen molar-refractivity contribution in [3.05, 3.63) is 62.0 Å². The molecular weight excluding hydrogens is 423 g/mol. The van der Waals surface area contributed by atoms with Crippen LogP contribution in [0.3, 0.4) is 0 Å². The summed E-state index contributed by atoms with van der Waals surface area (Å²) in [5.41, 5.74) is 2.09. The first-order valence-electron chi connectivity index (χ1n) is 8.34. The minimum atomic E-state index is -0.0152. The van der Waals surface area contributed by atoms with Gasteiger partial charge in [0.1, 0.15) is 5.75 Å². The largest absolute Gasteiger partial charge is 0.496 e. The molecule has 0 aliphatic carbocycles. The third-order valence-corrected chi connectivity index (χ3v) is 5.83. The molecule has 2 aromatic rings. The molecule has 3 nitrogen and oxygen atoms in total. The van der Waals surface area contributed by atoms with Gasteiger partial charge in [0.25, 0.3) is 0 Å². The molecule has 1 aliphatic rings. The van der Waals surface area contributed by atoms with Gasteiger partial charge in [-0.15, -0.1) is 0 Å². The molecule has 1 N–H and O–H groups in total. The van der Waals surface area contributed by atoms with E-state index in [0.717, 1.165) is 53.9 Å². The lowest BCUT2D eigenvalue weighted by Gasteiger charge is -2.33. The zero-order valence-electron chi connectivity index (χ0n) is 14.1. The van der Waals surface area contributed by atoms with Crippen molar-refractivity contribution in [1.29, 1.82) is 0 Å². The Morgan fingerprint density at radius 1 is 1.12 bits per heavy atom. The van der Waals surface area contributed by atoms with E-state index < -0.39 is 0 Å². The van der Waals surface area contributed by atoms with Crippen LogP contribution in [0.5, 0.6) is 5.75 Å². The van der Waals surface area contributed by atoms with Crippen molar-refractivity contribution >= 4 is 39.1 Å². The lowest BCUT2D eigenvalue weighted by atomic mass is 9.95. The normalized spacial score (nSPS) is 17.1. The van der Waals surface area contributed by atoms with Crippen LogP contribution in [0.25, 0.3) is 0 Å². The van der Waals surface area contributed by atoms with Gasteiger partial charge in [0, 0.05) is 29.7 Å². The highest BCUT2D eigenvalue weighted by atomic mass is 79.9. The summed E-state index contributed by atoms with van der Waals surface area (Å²) in [6.45, 7) is 3.90. The molecule has 6 heteroatoms. The molecule has 0 saturated carbocycles.